The molecular weight excluding hydrogens is 691 g/mol. The maximum Gasteiger partial charge on any atom is 0.136 e. The highest BCUT2D eigenvalue weighted by molar-refractivity contribution is 6.12. The van der Waals surface area contributed by atoms with Gasteiger partial charge in [0.05, 0.1) is 0 Å². The van der Waals surface area contributed by atoms with Crippen molar-refractivity contribution in [2.24, 2.45) is 0 Å². The van der Waals surface area contributed by atoms with Crippen molar-refractivity contribution >= 4 is 49.8 Å². The van der Waals surface area contributed by atoms with E-state index in [1.54, 1.807) is 0 Å². The van der Waals surface area contributed by atoms with Crippen LogP contribution in [0.3, 0.4) is 0 Å². The molecule has 0 radical (unpaired) electrons. The number of hydrogen-bond donors (Lipinski definition) is 0. The van der Waals surface area contributed by atoms with Crippen LogP contribution in [0.25, 0.3) is 77.2 Å². The Morgan fingerprint density at radius 2 is 0.965 bits per heavy atom. The number of nitrogens with zero attached hydrogens (tertiary/aromatic N) is 1. The molecule has 11 rings (SSSR count). The van der Waals surface area contributed by atoms with Crippen molar-refractivity contribution in [2.75, 3.05) is 4.90 Å². The Morgan fingerprint density at radius 1 is 0.368 bits per heavy atom. The van der Waals surface area contributed by atoms with E-state index in [-0.39, 0.29) is 5.41 Å². The molecule has 0 fully saturated rings. The summed E-state index contributed by atoms with van der Waals surface area (Å²) in [5.41, 5.74) is 17.7. The fraction of sp³-hybridized carbons (Fsp3) is 0.0545. The van der Waals surface area contributed by atoms with Crippen molar-refractivity contribution in [1.29, 1.82) is 0 Å². The largest absolute Gasteiger partial charge is 0.456 e. The van der Waals surface area contributed by atoms with Crippen LogP contribution in [0, 0.1) is 0 Å². The Morgan fingerprint density at radius 3 is 1.81 bits per heavy atom. The van der Waals surface area contributed by atoms with Gasteiger partial charge in [0.15, 0.2) is 0 Å². The number of fused-ring (bicyclic) bond motifs is 7. The minimum absolute atomic E-state index is 0.0445. The second-order valence-electron chi connectivity index (χ2n) is 15.7. The van der Waals surface area contributed by atoms with Gasteiger partial charge in [0.1, 0.15) is 11.2 Å². The molecule has 270 valence electrons. The van der Waals surface area contributed by atoms with Crippen LogP contribution in [-0.4, -0.2) is 0 Å². The molecule has 0 bridgehead atoms. The summed E-state index contributed by atoms with van der Waals surface area (Å²) in [4.78, 5) is 2.37. The summed E-state index contributed by atoms with van der Waals surface area (Å²) in [7, 11) is 0. The van der Waals surface area contributed by atoms with Gasteiger partial charge in [-0.05, 0) is 127 Å². The quantitative estimate of drug-likeness (QED) is 0.169. The zero-order valence-electron chi connectivity index (χ0n) is 31.9. The van der Waals surface area contributed by atoms with Crippen LogP contribution in [0.1, 0.15) is 25.0 Å². The van der Waals surface area contributed by atoms with Crippen LogP contribution in [0.5, 0.6) is 0 Å². The highest BCUT2D eigenvalue weighted by Crippen LogP contribution is 2.50. The highest BCUT2D eigenvalue weighted by Gasteiger charge is 2.35. The van der Waals surface area contributed by atoms with Crippen LogP contribution >= 0.6 is 0 Å². The van der Waals surface area contributed by atoms with Crippen molar-refractivity contribution in [3.05, 3.63) is 211 Å². The molecule has 0 unspecified atom stereocenters. The molecule has 0 saturated heterocycles. The number of para-hydroxylation sites is 1. The molecule has 0 aliphatic heterocycles. The topological polar surface area (TPSA) is 16.4 Å². The fourth-order valence-corrected chi connectivity index (χ4v) is 9.13. The van der Waals surface area contributed by atoms with Gasteiger partial charge < -0.3 is 9.32 Å². The first-order valence-electron chi connectivity index (χ1n) is 19.7. The van der Waals surface area contributed by atoms with E-state index >= 15 is 0 Å². The van der Waals surface area contributed by atoms with Gasteiger partial charge in [-0.3, -0.25) is 0 Å². The van der Waals surface area contributed by atoms with Crippen LogP contribution in [0.2, 0.25) is 0 Å². The van der Waals surface area contributed by atoms with Gasteiger partial charge in [0, 0.05) is 33.2 Å². The van der Waals surface area contributed by atoms with Crippen LogP contribution in [-0.2, 0) is 5.41 Å². The Labute approximate surface area is 332 Å². The maximum absolute atomic E-state index is 6.24. The van der Waals surface area contributed by atoms with Crippen LogP contribution < -0.4 is 4.90 Å². The molecule has 0 atom stereocenters. The van der Waals surface area contributed by atoms with Crippen molar-refractivity contribution in [2.45, 2.75) is 19.3 Å². The van der Waals surface area contributed by atoms with Gasteiger partial charge in [-0.2, -0.15) is 0 Å². The minimum Gasteiger partial charge on any atom is -0.456 e. The lowest BCUT2D eigenvalue weighted by molar-refractivity contribution is 0.660. The Bertz CT molecular complexity index is 3150. The lowest BCUT2D eigenvalue weighted by Crippen LogP contribution is -2.14. The highest BCUT2D eigenvalue weighted by atomic mass is 16.3. The molecule has 57 heavy (non-hydrogen) atoms. The fourth-order valence-electron chi connectivity index (χ4n) is 9.13. The second kappa shape index (κ2) is 13.0. The first-order valence-corrected chi connectivity index (χ1v) is 19.7. The molecule has 2 nitrogen and oxygen atoms in total. The molecule has 0 spiro atoms. The third kappa shape index (κ3) is 5.48. The normalized spacial score (nSPS) is 12.9. The smallest absolute Gasteiger partial charge is 0.136 e. The molecule has 1 aliphatic carbocycles. The molecule has 1 aliphatic rings. The van der Waals surface area contributed by atoms with E-state index in [2.05, 4.69) is 207 Å². The van der Waals surface area contributed by atoms with Gasteiger partial charge >= 0.3 is 0 Å². The van der Waals surface area contributed by atoms with E-state index in [4.69, 9.17) is 4.42 Å². The van der Waals surface area contributed by atoms with Gasteiger partial charge in [-0.1, -0.05) is 153 Å². The molecule has 10 aromatic rings. The summed E-state index contributed by atoms with van der Waals surface area (Å²) in [5, 5.41) is 4.77. The molecular formula is C55H39NO. The van der Waals surface area contributed by atoms with Crippen LogP contribution in [0.4, 0.5) is 17.1 Å². The van der Waals surface area contributed by atoms with Crippen molar-refractivity contribution in [3.63, 3.8) is 0 Å². The molecule has 0 amide bonds. The minimum atomic E-state index is -0.0445. The van der Waals surface area contributed by atoms with Gasteiger partial charge in [0.25, 0.3) is 0 Å². The molecule has 0 N–H and O–H groups in total. The lowest BCUT2D eigenvalue weighted by Gasteiger charge is -2.26. The number of anilines is 3. The summed E-state index contributed by atoms with van der Waals surface area (Å²) >= 11 is 0. The lowest BCUT2D eigenvalue weighted by atomic mass is 9.81. The monoisotopic (exact) mass is 729 g/mol. The van der Waals surface area contributed by atoms with Crippen molar-refractivity contribution in [3.8, 4) is 44.5 Å². The van der Waals surface area contributed by atoms with Crippen molar-refractivity contribution in [1.82, 2.24) is 0 Å². The van der Waals surface area contributed by atoms with Crippen LogP contribution in [0.15, 0.2) is 205 Å². The summed E-state index contributed by atoms with van der Waals surface area (Å²) in [6, 6.07) is 72.7. The van der Waals surface area contributed by atoms with E-state index < -0.39 is 0 Å². The third-order valence-electron chi connectivity index (χ3n) is 12.1. The molecule has 1 aromatic heterocycles. The number of hydrogen-bond acceptors (Lipinski definition) is 2. The van der Waals surface area contributed by atoms with Gasteiger partial charge in [-0.25, -0.2) is 0 Å². The van der Waals surface area contributed by atoms with Gasteiger partial charge in [-0.15, -0.1) is 0 Å². The first kappa shape index (κ1) is 33.2. The summed E-state index contributed by atoms with van der Waals surface area (Å²) in [5.74, 6) is 0. The van der Waals surface area contributed by atoms with E-state index in [1.165, 1.54) is 60.8 Å². The maximum atomic E-state index is 6.24. The zero-order valence-corrected chi connectivity index (χ0v) is 31.9. The number of rotatable bonds is 6. The van der Waals surface area contributed by atoms with E-state index in [9.17, 15) is 0 Å². The molecule has 2 heteroatoms. The Kier molecular flexibility index (Phi) is 7.55. The van der Waals surface area contributed by atoms with Crippen molar-refractivity contribution < 1.29 is 4.42 Å². The average Bonchev–Trinajstić information content (AvgIpc) is 3.76. The Balaban J connectivity index is 1.00. The Hall–Kier alpha value is -7.16. The molecule has 1 heterocycles. The predicted octanol–water partition coefficient (Wildman–Crippen LogP) is 15.5. The summed E-state index contributed by atoms with van der Waals surface area (Å²) in [6.45, 7) is 4.69. The first-order chi connectivity index (χ1) is 28.0. The van der Waals surface area contributed by atoms with E-state index in [1.807, 2.05) is 12.1 Å². The van der Waals surface area contributed by atoms with E-state index in [0.717, 1.165) is 44.6 Å². The molecule has 0 saturated carbocycles. The standard InChI is InChI=1S/C55H39NO/c1-55(2)50-18-7-5-15-47(50)48-32-27-42(35-51(48)55)37-23-28-43(29-24-37)56(45-14-9-13-40(34-45)41-22-21-36-11-3-4-12-39(36)33-41)44-30-25-38(26-31-44)46-17-10-20-53-54(46)49-16-6-8-19-52(49)57-53/h3-35H,1-2H3. The molecule has 9 aromatic carbocycles. The number of benzene rings is 9. The third-order valence-corrected chi connectivity index (χ3v) is 12.1. The van der Waals surface area contributed by atoms with E-state index in [0.29, 0.717) is 0 Å². The summed E-state index contributed by atoms with van der Waals surface area (Å²) in [6.07, 6.45) is 0. The average molecular weight is 730 g/mol. The number of furan rings is 1. The predicted molar refractivity (Wildman–Crippen MR) is 240 cm³/mol. The summed E-state index contributed by atoms with van der Waals surface area (Å²) < 4.78 is 6.24. The zero-order chi connectivity index (χ0) is 38.1. The SMILES string of the molecule is CC1(C)c2ccccc2-c2ccc(-c3ccc(N(c4ccc(-c5cccc6oc7ccccc7c56)cc4)c4cccc(-c5ccc6ccccc6c5)c4)cc3)cc21. The van der Waals surface area contributed by atoms with Gasteiger partial charge in [0.2, 0.25) is 0 Å². The second-order valence-corrected chi connectivity index (χ2v) is 15.7.